The van der Waals surface area contributed by atoms with E-state index in [0.29, 0.717) is 6.07 Å². The van der Waals surface area contributed by atoms with Crippen molar-refractivity contribution in [2.75, 3.05) is 0 Å². The Morgan fingerprint density at radius 1 is 1.27 bits per heavy atom. The Morgan fingerprint density at radius 2 is 1.80 bits per heavy atom. The van der Waals surface area contributed by atoms with Crippen molar-refractivity contribution >= 4 is 40.1 Å². The molecular weight excluding hydrogens is 299 g/mol. The fourth-order valence-electron chi connectivity index (χ4n) is 0.981. The lowest BCUT2D eigenvalue weighted by Gasteiger charge is -2.12. The van der Waals surface area contributed by atoms with Crippen molar-refractivity contribution in [3.63, 3.8) is 0 Å². The average molecular weight is 303 g/mol. The number of alkyl halides is 3. The number of halogens is 5. The second kappa shape index (κ2) is 4.33. The van der Waals surface area contributed by atoms with E-state index in [1.165, 1.54) is 0 Å². The Kier molecular flexibility index (Phi) is 3.70. The highest BCUT2D eigenvalue weighted by molar-refractivity contribution is 9.10. The van der Waals surface area contributed by atoms with Gasteiger partial charge in [0, 0.05) is 4.47 Å². The van der Waals surface area contributed by atoms with E-state index in [1.807, 2.05) is 0 Å². The van der Waals surface area contributed by atoms with Crippen LogP contribution in [0.3, 0.4) is 0 Å². The first-order valence-corrected chi connectivity index (χ1v) is 4.83. The molecule has 2 nitrogen and oxygen atoms in total. The summed E-state index contributed by atoms with van der Waals surface area (Å²) < 4.78 is 37.2. The average Bonchev–Trinajstić information content (AvgIpc) is 2.00. The molecular formula is C7H4BBrClF3O2. The summed E-state index contributed by atoms with van der Waals surface area (Å²) in [4.78, 5) is 0. The molecule has 1 aromatic rings. The smallest absolute Gasteiger partial charge is 0.423 e. The molecule has 0 aromatic heterocycles. The topological polar surface area (TPSA) is 40.5 Å². The lowest BCUT2D eigenvalue weighted by Crippen LogP contribution is -2.32. The van der Waals surface area contributed by atoms with Crippen LogP contribution in [-0.4, -0.2) is 17.2 Å². The van der Waals surface area contributed by atoms with Gasteiger partial charge in [0.25, 0.3) is 0 Å². The van der Waals surface area contributed by atoms with Crippen LogP contribution in [0, 0.1) is 0 Å². The lowest BCUT2D eigenvalue weighted by atomic mass is 9.79. The van der Waals surface area contributed by atoms with Crippen LogP contribution >= 0.6 is 27.5 Å². The molecule has 82 valence electrons. The molecule has 0 aliphatic rings. The Labute approximate surface area is 96.9 Å². The van der Waals surface area contributed by atoms with Gasteiger partial charge in [0.15, 0.2) is 0 Å². The second-order valence-electron chi connectivity index (χ2n) is 2.72. The normalized spacial score (nSPS) is 11.7. The highest BCUT2D eigenvalue weighted by Gasteiger charge is 2.35. The van der Waals surface area contributed by atoms with E-state index in [1.54, 1.807) is 0 Å². The van der Waals surface area contributed by atoms with Crippen molar-refractivity contribution in [1.82, 2.24) is 0 Å². The van der Waals surface area contributed by atoms with Gasteiger partial charge in [-0.2, -0.15) is 13.2 Å². The van der Waals surface area contributed by atoms with Crippen molar-refractivity contribution < 1.29 is 23.2 Å². The van der Waals surface area contributed by atoms with Crippen molar-refractivity contribution in [2.45, 2.75) is 6.18 Å². The van der Waals surface area contributed by atoms with E-state index in [9.17, 15) is 13.2 Å². The van der Waals surface area contributed by atoms with E-state index in [4.69, 9.17) is 21.6 Å². The minimum absolute atomic E-state index is 0.107. The number of benzene rings is 1. The van der Waals surface area contributed by atoms with Crippen LogP contribution in [-0.2, 0) is 6.18 Å². The molecule has 15 heavy (non-hydrogen) atoms. The van der Waals surface area contributed by atoms with E-state index >= 15 is 0 Å². The van der Waals surface area contributed by atoms with Gasteiger partial charge in [0.05, 0.1) is 10.6 Å². The van der Waals surface area contributed by atoms with Gasteiger partial charge in [-0.3, -0.25) is 0 Å². The van der Waals surface area contributed by atoms with Crippen LogP contribution in [0.15, 0.2) is 16.6 Å². The molecule has 0 aliphatic carbocycles. The van der Waals surface area contributed by atoms with Crippen molar-refractivity contribution in [3.05, 3.63) is 27.2 Å². The van der Waals surface area contributed by atoms with Crippen LogP contribution in [0.1, 0.15) is 5.56 Å². The van der Waals surface area contributed by atoms with E-state index in [2.05, 4.69) is 15.9 Å². The van der Waals surface area contributed by atoms with Gasteiger partial charge >= 0.3 is 13.3 Å². The van der Waals surface area contributed by atoms with Crippen LogP contribution < -0.4 is 5.46 Å². The molecule has 0 fully saturated rings. The van der Waals surface area contributed by atoms with E-state index in [-0.39, 0.29) is 9.94 Å². The predicted molar refractivity (Wildman–Crippen MR) is 54.0 cm³/mol. The third kappa shape index (κ3) is 2.87. The van der Waals surface area contributed by atoms with Gasteiger partial charge in [0.2, 0.25) is 0 Å². The van der Waals surface area contributed by atoms with Gasteiger partial charge in [-0.05, 0) is 17.6 Å². The van der Waals surface area contributed by atoms with Crippen molar-refractivity contribution in [3.8, 4) is 0 Å². The maximum absolute atomic E-state index is 12.4. The lowest BCUT2D eigenvalue weighted by molar-refractivity contribution is -0.137. The van der Waals surface area contributed by atoms with Gasteiger partial charge < -0.3 is 10.0 Å². The van der Waals surface area contributed by atoms with E-state index < -0.39 is 23.9 Å². The second-order valence-corrected chi connectivity index (χ2v) is 3.99. The summed E-state index contributed by atoms with van der Waals surface area (Å²) in [6.45, 7) is 0. The first-order valence-electron chi connectivity index (χ1n) is 3.65. The first-order chi connectivity index (χ1) is 6.73. The predicted octanol–water partition coefficient (Wildman–Crippen LogP) is 1.80. The molecule has 0 amide bonds. The summed E-state index contributed by atoms with van der Waals surface area (Å²) in [5.74, 6) is 0. The fraction of sp³-hybridized carbons (Fsp3) is 0.143. The molecule has 0 bridgehead atoms. The highest BCUT2D eigenvalue weighted by Crippen LogP contribution is 2.35. The minimum atomic E-state index is -4.62. The van der Waals surface area contributed by atoms with Crippen LogP contribution in [0.2, 0.25) is 5.02 Å². The zero-order valence-corrected chi connectivity index (χ0v) is 9.36. The van der Waals surface area contributed by atoms with Gasteiger partial charge in [-0.15, -0.1) is 0 Å². The van der Waals surface area contributed by atoms with E-state index in [0.717, 1.165) is 6.07 Å². The minimum Gasteiger partial charge on any atom is -0.423 e. The number of hydrogen-bond donors (Lipinski definition) is 2. The van der Waals surface area contributed by atoms with Gasteiger partial charge in [-0.25, -0.2) is 0 Å². The molecule has 0 spiro atoms. The van der Waals surface area contributed by atoms with Crippen molar-refractivity contribution in [2.24, 2.45) is 0 Å². The Bertz CT molecular complexity index is 383. The number of hydrogen-bond acceptors (Lipinski definition) is 2. The molecule has 0 unspecified atom stereocenters. The summed E-state index contributed by atoms with van der Waals surface area (Å²) in [6.07, 6.45) is -4.62. The molecule has 2 N–H and O–H groups in total. The largest absolute Gasteiger partial charge is 0.489 e. The zero-order chi connectivity index (χ0) is 11.8. The summed E-state index contributed by atoms with van der Waals surface area (Å²) in [5, 5.41) is 17.1. The highest BCUT2D eigenvalue weighted by atomic mass is 79.9. The number of rotatable bonds is 1. The molecule has 0 saturated heterocycles. The molecule has 0 aliphatic heterocycles. The maximum atomic E-state index is 12.4. The Hall–Kier alpha value is -0.235. The molecule has 0 atom stereocenters. The molecule has 8 heteroatoms. The standard InChI is InChI=1S/C7H4BBrClF3O2/c9-5-2-6(10)3(7(11,12)13)1-4(5)8(14)15/h1-2,14-15H. The third-order valence-corrected chi connectivity index (χ3v) is 2.67. The first kappa shape index (κ1) is 12.8. The monoisotopic (exact) mass is 302 g/mol. The molecule has 0 heterocycles. The summed E-state index contributed by atoms with van der Waals surface area (Å²) in [7, 11) is -1.99. The quantitative estimate of drug-likeness (QED) is 0.777. The summed E-state index contributed by atoms with van der Waals surface area (Å²) in [6, 6.07) is 1.57. The van der Waals surface area contributed by atoms with Crippen LogP contribution in [0.25, 0.3) is 0 Å². The fourth-order valence-corrected chi connectivity index (χ4v) is 1.93. The summed E-state index contributed by atoms with van der Waals surface area (Å²) in [5.41, 5.74) is -1.39. The maximum Gasteiger partial charge on any atom is 0.489 e. The zero-order valence-electron chi connectivity index (χ0n) is 7.02. The van der Waals surface area contributed by atoms with Crippen LogP contribution in [0.5, 0.6) is 0 Å². The van der Waals surface area contributed by atoms with Crippen LogP contribution in [0.4, 0.5) is 13.2 Å². The third-order valence-electron chi connectivity index (χ3n) is 1.67. The summed E-state index contributed by atoms with van der Waals surface area (Å²) >= 11 is 8.25. The molecule has 1 aromatic carbocycles. The molecule has 0 saturated carbocycles. The van der Waals surface area contributed by atoms with Gasteiger partial charge in [0.1, 0.15) is 0 Å². The molecule has 1 rings (SSSR count). The van der Waals surface area contributed by atoms with Crippen molar-refractivity contribution in [1.29, 1.82) is 0 Å². The SMILES string of the molecule is OB(O)c1cc(C(F)(F)F)c(Cl)cc1Br. The Balaban J connectivity index is 3.37. The Morgan fingerprint density at radius 3 is 2.20 bits per heavy atom. The molecule has 0 radical (unpaired) electrons. The van der Waals surface area contributed by atoms with Gasteiger partial charge in [-0.1, -0.05) is 27.5 Å².